The van der Waals surface area contributed by atoms with Gasteiger partial charge in [-0.25, -0.2) is 4.98 Å². The molecular formula is C32H28F3N5O2S. The Morgan fingerprint density at radius 3 is 2.63 bits per heavy atom. The number of carbonyl (C=O) groups excluding carboxylic acids is 1. The molecule has 2 aromatic carbocycles. The van der Waals surface area contributed by atoms with E-state index in [1.54, 1.807) is 42.7 Å². The summed E-state index contributed by atoms with van der Waals surface area (Å²) in [4.78, 5) is 27.2. The first-order chi connectivity index (χ1) is 20.7. The number of carbonyl (C=O) groups is 1. The highest BCUT2D eigenvalue weighted by atomic mass is 32.1. The molecule has 1 saturated heterocycles. The molecule has 1 aliphatic rings. The maximum atomic E-state index is 13.8. The fraction of sp³-hybridized carbons (Fsp3) is 0.219. The van der Waals surface area contributed by atoms with Crippen molar-refractivity contribution in [3.05, 3.63) is 101 Å². The second-order valence-corrected chi connectivity index (χ2v) is 11.4. The van der Waals surface area contributed by atoms with Gasteiger partial charge in [-0.05, 0) is 72.6 Å². The molecule has 1 fully saturated rings. The summed E-state index contributed by atoms with van der Waals surface area (Å²) in [7, 11) is 2.02. The van der Waals surface area contributed by atoms with Crippen molar-refractivity contribution < 1.29 is 22.7 Å². The molecule has 0 spiro atoms. The number of hydrogen-bond acceptors (Lipinski definition) is 7. The van der Waals surface area contributed by atoms with Crippen molar-refractivity contribution in [2.75, 3.05) is 38.5 Å². The van der Waals surface area contributed by atoms with Crippen LogP contribution in [-0.4, -0.2) is 58.9 Å². The molecule has 11 heteroatoms. The number of ether oxygens (including phenoxy) is 1. The average molecular weight is 604 g/mol. The van der Waals surface area contributed by atoms with E-state index in [1.807, 2.05) is 36.7 Å². The molecule has 1 aliphatic heterocycles. The number of nitrogens with one attached hydrogen (secondary N) is 1. The minimum Gasteiger partial charge on any atom is -0.457 e. The number of halogens is 3. The lowest BCUT2D eigenvalue weighted by Gasteiger charge is -2.32. The number of anilines is 1. The number of amides is 1. The van der Waals surface area contributed by atoms with Gasteiger partial charge in [0.25, 0.3) is 5.91 Å². The van der Waals surface area contributed by atoms with Gasteiger partial charge >= 0.3 is 6.18 Å². The number of hydrogen-bond donors (Lipinski definition) is 1. The number of piperazine rings is 1. The van der Waals surface area contributed by atoms with Crippen LogP contribution in [0.4, 0.5) is 18.9 Å². The number of likely N-dealkylation sites (N-methyl/N-ethyl adjacent to an activating group) is 1. The number of thiophene rings is 1. The summed E-state index contributed by atoms with van der Waals surface area (Å²) < 4.78 is 47.5. The van der Waals surface area contributed by atoms with Crippen LogP contribution < -0.4 is 10.1 Å². The molecule has 3 aromatic heterocycles. The maximum Gasteiger partial charge on any atom is 0.416 e. The second kappa shape index (κ2) is 12.1. The molecule has 0 bridgehead atoms. The normalized spacial score (nSPS) is 14.6. The topological polar surface area (TPSA) is 70.6 Å². The van der Waals surface area contributed by atoms with E-state index >= 15 is 0 Å². The molecule has 0 saturated carbocycles. The highest BCUT2D eigenvalue weighted by molar-refractivity contribution is 7.16. The number of alkyl halides is 3. The van der Waals surface area contributed by atoms with E-state index in [0.29, 0.717) is 29.3 Å². The summed E-state index contributed by atoms with van der Waals surface area (Å²) in [5, 5.41) is 5.41. The summed E-state index contributed by atoms with van der Waals surface area (Å²) in [5.74, 6) is 0.430. The lowest BCUT2D eigenvalue weighted by molar-refractivity contribution is -0.137. The predicted octanol–water partition coefficient (Wildman–Crippen LogP) is 7.17. The van der Waals surface area contributed by atoms with E-state index in [4.69, 9.17) is 9.72 Å². The number of aromatic nitrogens is 2. The first-order valence-electron chi connectivity index (χ1n) is 13.7. The zero-order valence-electron chi connectivity index (χ0n) is 23.3. The van der Waals surface area contributed by atoms with E-state index in [2.05, 4.69) is 20.1 Å². The second-order valence-electron chi connectivity index (χ2n) is 10.5. The van der Waals surface area contributed by atoms with Gasteiger partial charge in [-0.1, -0.05) is 6.07 Å². The molecule has 0 aliphatic carbocycles. The molecule has 43 heavy (non-hydrogen) atoms. The molecule has 4 heterocycles. The molecule has 0 radical (unpaired) electrons. The number of pyridine rings is 2. The van der Waals surface area contributed by atoms with E-state index in [9.17, 15) is 18.0 Å². The lowest BCUT2D eigenvalue weighted by atomic mass is 10.1. The van der Waals surface area contributed by atoms with Crippen LogP contribution in [0.15, 0.2) is 84.5 Å². The fourth-order valence-electron chi connectivity index (χ4n) is 4.98. The first kappa shape index (κ1) is 28.8. The van der Waals surface area contributed by atoms with Crippen molar-refractivity contribution in [1.29, 1.82) is 0 Å². The first-order valence-corrected chi connectivity index (χ1v) is 14.6. The lowest BCUT2D eigenvalue weighted by Crippen LogP contribution is -2.43. The van der Waals surface area contributed by atoms with Crippen molar-refractivity contribution >= 4 is 33.1 Å². The smallest absolute Gasteiger partial charge is 0.416 e. The van der Waals surface area contributed by atoms with E-state index in [1.165, 1.54) is 11.3 Å². The van der Waals surface area contributed by atoms with Gasteiger partial charge < -0.3 is 15.0 Å². The van der Waals surface area contributed by atoms with Gasteiger partial charge in [0, 0.05) is 68.0 Å². The molecule has 7 nitrogen and oxygen atoms in total. The fourth-order valence-corrected chi connectivity index (χ4v) is 5.76. The molecular weight excluding hydrogens is 575 g/mol. The monoisotopic (exact) mass is 603 g/mol. The van der Waals surface area contributed by atoms with Gasteiger partial charge in [0.2, 0.25) is 0 Å². The zero-order chi connectivity index (χ0) is 30.0. The molecule has 0 atom stereocenters. The predicted molar refractivity (Wildman–Crippen MR) is 162 cm³/mol. The minimum absolute atomic E-state index is 0.0884. The van der Waals surface area contributed by atoms with Gasteiger partial charge in [0.1, 0.15) is 16.3 Å². The van der Waals surface area contributed by atoms with Crippen molar-refractivity contribution in [1.82, 2.24) is 19.8 Å². The van der Waals surface area contributed by atoms with Crippen molar-refractivity contribution in [2.24, 2.45) is 0 Å². The third-order valence-corrected chi connectivity index (χ3v) is 8.07. The molecule has 1 N–H and O–H groups in total. The van der Waals surface area contributed by atoms with E-state index in [0.717, 1.165) is 54.1 Å². The molecule has 5 aromatic rings. The Kier molecular flexibility index (Phi) is 8.11. The third-order valence-electron chi connectivity index (χ3n) is 7.26. The zero-order valence-corrected chi connectivity index (χ0v) is 24.1. The van der Waals surface area contributed by atoms with Crippen LogP contribution in [0, 0.1) is 0 Å². The number of fused-ring (bicyclic) bond motifs is 1. The van der Waals surface area contributed by atoms with Crippen LogP contribution in [-0.2, 0) is 12.7 Å². The van der Waals surface area contributed by atoms with Gasteiger partial charge in [-0.2, -0.15) is 13.2 Å². The third kappa shape index (κ3) is 6.85. The van der Waals surface area contributed by atoms with Crippen LogP contribution >= 0.6 is 11.3 Å². The van der Waals surface area contributed by atoms with Crippen molar-refractivity contribution in [3.8, 4) is 22.8 Å². The van der Waals surface area contributed by atoms with E-state index in [-0.39, 0.29) is 11.3 Å². The standard InChI is InChI=1S/C32H28F3N5O2S/c1-39-9-11-40(12-10-39)20-21-14-24(32(33,34)35)17-25(15-21)37-30(41)22-4-2-6-26(16-22)42-29-18-28(23-5-3-8-36-19-23)38-31-27(29)7-13-43-31/h2-8,13-19H,9-12,20H2,1H3,(H,37,41). The maximum absolute atomic E-state index is 13.8. The minimum atomic E-state index is -4.54. The SMILES string of the molecule is CN1CCN(Cc2cc(NC(=O)c3cccc(Oc4cc(-c5cccnc5)nc5sccc45)c3)cc(C(F)(F)F)c2)CC1. The number of rotatable bonds is 7. The van der Waals surface area contributed by atoms with Crippen LogP contribution in [0.25, 0.3) is 21.5 Å². The molecule has 6 rings (SSSR count). The Balaban J connectivity index is 1.23. The largest absolute Gasteiger partial charge is 0.457 e. The van der Waals surface area contributed by atoms with Crippen LogP contribution in [0.5, 0.6) is 11.5 Å². The van der Waals surface area contributed by atoms with Crippen molar-refractivity contribution in [3.63, 3.8) is 0 Å². The van der Waals surface area contributed by atoms with Crippen LogP contribution in [0.2, 0.25) is 0 Å². The quantitative estimate of drug-likeness (QED) is 0.213. The molecule has 1 amide bonds. The number of nitrogens with zero attached hydrogens (tertiary/aromatic N) is 4. The van der Waals surface area contributed by atoms with Gasteiger partial charge in [0.05, 0.1) is 16.6 Å². The summed E-state index contributed by atoms with van der Waals surface area (Å²) in [6.07, 6.45) is -1.13. The summed E-state index contributed by atoms with van der Waals surface area (Å²) in [6, 6.07) is 17.8. The molecule has 220 valence electrons. The Hall–Kier alpha value is -4.32. The molecule has 0 unspecified atom stereocenters. The van der Waals surface area contributed by atoms with Gasteiger partial charge in [0.15, 0.2) is 0 Å². The van der Waals surface area contributed by atoms with Crippen molar-refractivity contribution in [2.45, 2.75) is 12.7 Å². The summed E-state index contributed by atoms with van der Waals surface area (Å²) >= 11 is 1.48. The highest BCUT2D eigenvalue weighted by Crippen LogP contribution is 2.36. The Bertz CT molecular complexity index is 1750. The van der Waals surface area contributed by atoms with Crippen LogP contribution in [0.1, 0.15) is 21.5 Å². The summed E-state index contributed by atoms with van der Waals surface area (Å²) in [5.41, 5.74) is 1.57. The van der Waals surface area contributed by atoms with Gasteiger partial charge in [-0.15, -0.1) is 11.3 Å². The Labute approximate surface area is 250 Å². The van der Waals surface area contributed by atoms with Crippen LogP contribution in [0.3, 0.4) is 0 Å². The number of benzene rings is 2. The average Bonchev–Trinajstić information content (AvgIpc) is 3.48. The Morgan fingerprint density at radius 1 is 1.02 bits per heavy atom. The highest BCUT2D eigenvalue weighted by Gasteiger charge is 2.31. The van der Waals surface area contributed by atoms with Gasteiger partial charge in [-0.3, -0.25) is 14.7 Å². The van der Waals surface area contributed by atoms with E-state index < -0.39 is 17.6 Å². The summed E-state index contributed by atoms with van der Waals surface area (Å²) in [6.45, 7) is 3.60. The Morgan fingerprint density at radius 2 is 1.86 bits per heavy atom.